The molecule has 1 aliphatic rings. The van der Waals surface area contributed by atoms with E-state index in [0.717, 1.165) is 79.7 Å². The summed E-state index contributed by atoms with van der Waals surface area (Å²) in [6.45, 7) is 9.61. The summed E-state index contributed by atoms with van der Waals surface area (Å²) < 4.78 is 5.47. The van der Waals surface area contributed by atoms with Crippen LogP contribution in [0.15, 0.2) is 27.8 Å². The number of nitrogens with two attached hydrogens (primary N) is 1. The average molecular weight is 442 g/mol. The molecule has 0 unspecified atom stereocenters. The minimum Gasteiger partial charge on any atom is -0.369 e. The van der Waals surface area contributed by atoms with Crippen LogP contribution >= 0.6 is 0 Å². The van der Waals surface area contributed by atoms with Crippen molar-refractivity contribution in [3.05, 3.63) is 40.9 Å². The predicted molar refractivity (Wildman–Crippen MR) is 125 cm³/mol. The Morgan fingerprint density at radius 1 is 1.25 bits per heavy atom. The summed E-state index contributed by atoms with van der Waals surface area (Å²) >= 11 is 0. The first kappa shape index (κ1) is 23.6. The van der Waals surface area contributed by atoms with Crippen molar-refractivity contribution in [1.82, 2.24) is 20.8 Å². The molecule has 32 heavy (non-hydrogen) atoms. The maximum Gasteiger partial charge on any atom is 0.220 e. The number of anilines is 1. The van der Waals surface area contributed by atoms with Gasteiger partial charge in [-0.1, -0.05) is 25.1 Å². The van der Waals surface area contributed by atoms with Crippen LogP contribution in [0.4, 0.5) is 5.82 Å². The average Bonchev–Trinajstić information content (AvgIpc) is 3.23. The Morgan fingerprint density at radius 3 is 2.69 bits per heavy atom. The van der Waals surface area contributed by atoms with E-state index in [9.17, 15) is 4.79 Å². The lowest BCUT2D eigenvalue weighted by molar-refractivity contribution is -0.122. The molecule has 1 saturated heterocycles. The quantitative estimate of drug-likeness (QED) is 0.403. The van der Waals surface area contributed by atoms with E-state index in [4.69, 9.17) is 15.2 Å². The van der Waals surface area contributed by atoms with Crippen LogP contribution in [0, 0.1) is 5.92 Å². The standard InChI is InChI=1S/C23H35N7O2/c1-4-19-18(20(5-2)32-29-19)15-28-23(25-6-3)27-14-17-8-7-11-26-22(17)30-12-9-16(10-13-30)21(24)31/h7-8,11,16H,4-6,9-10,12-15H2,1-3H3,(H2,24,31)(H2,25,27,28). The first-order valence-electron chi connectivity index (χ1n) is 11.5. The van der Waals surface area contributed by atoms with Gasteiger partial charge in [0.2, 0.25) is 5.91 Å². The Balaban J connectivity index is 1.69. The van der Waals surface area contributed by atoms with E-state index in [-0.39, 0.29) is 11.8 Å². The Kier molecular flexibility index (Phi) is 8.47. The molecule has 9 heteroatoms. The molecule has 0 bridgehead atoms. The third-order valence-corrected chi connectivity index (χ3v) is 5.86. The van der Waals surface area contributed by atoms with Gasteiger partial charge >= 0.3 is 0 Å². The van der Waals surface area contributed by atoms with Crippen LogP contribution in [0.5, 0.6) is 0 Å². The highest BCUT2D eigenvalue weighted by Gasteiger charge is 2.25. The number of primary amides is 1. The van der Waals surface area contributed by atoms with E-state index in [0.29, 0.717) is 13.1 Å². The van der Waals surface area contributed by atoms with Crippen molar-refractivity contribution in [1.29, 1.82) is 0 Å². The molecule has 3 rings (SSSR count). The highest BCUT2D eigenvalue weighted by Crippen LogP contribution is 2.25. The predicted octanol–water partition coefficient (Wildman–Crippen LogP) is 2.15. The molecule has 0 radical (unpaired) electrons. The largest absolute Gasteiger partial charge is 0.369 e. The van der Waals surface area contributed by atoms with E-state index in [2.05, 4.69) is 45.6 Å². The Hall–Kier alpha value is -3.10. The minimum absolute atomic E-state index is 0.0422. The van der Waals surface area contributed by atoms with Gasteiger partial charge in [0.15, 0.2) is 5.96 Å². The van der Waals surface area contributed by atoms with Gasteiger partial charge in [0.1, 0.15) is 11.6 Å². The van der Waals surface area contributed by atoms with Gasteiger partial charge in [-0.05, 0) is 32.3 Å². The van der Waals surface area contributed by atoms with Crippen LogP contribution in [-0.2, 0) is 30.7 Å². The van der Waals surface area contributed by atoms with Gasteiger partial charge in [0, 0.05) is 55.8 Å². The van der Waals surface area contributed by atoms with Gasteiger partial charge in [-0.3, -0.25) is 4.79 Å². The van der Waals surface area contributed by atoms with Crippen molar-refractivity contribution < 1.29 is 9.32 Å². The summed E-state index contributed by atoms with van der Waals surface area (Å²) in [7, 11) is 0. The fourth-order valence-electron chi connectivity index (χ4n) is 4.03. The lowest BCUT2D eigenvalue weighted by atomic mass is 9.96. The zero-order chi connectivity index (χ0) is 22.9. The number of nitrogens with zero attached hydrogens (tertiary/aromatic N) is 4. The lowest BCUT2D eigenvalue weighted by Crippen LogP contribution is -2.39. The van der Waals surface area contributed by atoms with Crippen molar-refractivity contribution in [3.63, 3.8) is 0 Å². The number of pyridine rings is 1. The summed E-state index contributed by atoms with van der Waals surface area (Å²) in [5.74, 6) is 2.33. The summed E-state index contributed by atoms with van der Waals surface area (Å²) in [6, 6.07) is 3.99. The van der Waals surface area contributed by atoms with Gasteiger partial charge in [-0.2, -0.15) is 0 Å². The zero-order valence-electron chi connectivity index (χ0n) is 19.4. The molecule has 2 aromatic heterocycles. The Morgan fingerprint density at radius 2 is 2.03 bits per heavy atom. The zero-order valence-corrected chi connectivity index (χ0v) is 19.4. The van der Waals surface area contributed by atoms with Gasteiger partial charge in [0.05, 0.1) is 12.2 Å². The van der Waals surface area contributed by atoms with Crippen LogP contribution in [0.1, 0.15) is 56.2 Å². The fourth-order valence-corrected chi connectivity index (χ4v) is 4.03. The molecule has 0 atom stereocenters. The molecule has 4 N–H and O–H groups in total. The van der Waals surface area contributed by atoms with Crippen LogP contribution in [0.3, 0.4) is 0 Å². The first-order valence-corrected chi connectivity index (χ1v) is 11.5. The van der Waals surface area contributed by atoms with Crippen LogP contribution in [0.25, 0.3) is 0 Å². The third kappa shape index (κ3) is 5.77. The number of hydrogen-bond acceptors (Lipinski definition) is 6. The number of piperidine rings is 1. The number of aryl methyl sites for hydroxylation is 2. The second-order valence-electron chi connectivity index (χ2n) is 7.94. The summed E-state index contributed by atoms with van der Waals surface area (Å²) in [6.07, 6.45) is 4.97. The normalized spacial score (nSPS) is 15.1. The van der Waals surface area contributed by atoms with Crippen LogP contribution in [-0.4, -0.2) is 41.6 Å². The highest BCUT2D eigenvalue weighted by molar-refractivity contribution is 5.80. The number of guanidine groups is 1. The summed E-state index contributed by atoms with van der Waals surface area (Å²) in [4.78, 5) is 23.1. The van der Waals surface area contributed by atoms with E-state index in [1.165, 1.54) is 0 Å². The molecular weight excluding hydrogens is 406 g/mol. The second-order valence-corrected chi connectivity index (χ2v) is 7.94. The highest BCUT2D eigenvalue weighted by atomic mass is 16.5. The van der Waals surface area contributed by atoms with Gasteiger partial charge in [-0.25, -0.2) is 9.98 Å². The number of nitrogens with one attached hydrogen (secondary N) is 2. The molecule has 3 heterocycles. The molecule has 0 aliphatic carbocycles. The maximum absolute atomic E-state index is 11.5. The number of aliphatic imine (C=N–C) groups is 1. The van der Waals surface area contributed by atoms with E-state index >= 15 is 0 Å². The molecule has 2 aromatic rings. The van der Waals surface area contributed by atoms with Crippen molar-refractivity contribution in [2.75, 3.05) is 24.5 Å². The molecule has 0 spiro atoms. The molecule has 1 aliphatic heterocycles. The number of rotatable bonds is 9. The number of amides is 1. The minimum atomic E-state index is -0.206. The molecule has 1 fully saturated rings. The van der Waals surface area contributed by atoms with Crippen LogP contribution in [0.2, 0.25) is 0 Å². The van der Waals surface area contributed by atoms with E-state index in [1.54, 1.807) is 6.20 Å². The number of carbonyl (C=O) groups is 1. The SMILES string of the molecule is CCNC(=NCc1cccnc1N1CCC(C(N)=O)CC1)NCc1c(CC)noc1CC. The van der Waals surface area contributed by atoms with Gasteiger partial charge < -0.3 is 25.8 Å². The third-order valence-electron chi connectivity index (χ3n) is 5.86. The fraction of sp³-hybridized carbons (Fsp3) is 0.565. The molecule has 0 aromatic carbocycles. The lowest BCUT2D eigenvalue weighted by Gasteiger charge is -2.32. The Labute approximate surface area is 189 Å². The number of hydrogen-bond donors (Lipinski definition) is 3. The maximum atomic E-state index is 11.5. The van der Waals surface area contributed by atoms with E-state index in [1.807, 2.05) is 13.0 Å². The monoisotopic (exact) mass is 441 g/mol. The number of carbonyl (C=O) groups excluding carboxylic acids is 1. The van der Waals surface area contributed by atoms with Gasteiger partial charge in [-0.15, -0.1) is 0 Å². The second kappa shape index (κ2) is 11.5. The smallest absolute Gasteiger partial charge is 0.220 e. The molecule has 0 saturated carbocycles. The topological polar surface area (TPSA) is 122 Å². The summed E-state index contributed by atoms with van der Waals surface area (Å²) in [5, 5.41) is 10.9. The Bertz CT molecular complexity index is 895. The van der Waals surface area contributed by atoms with Crippen molar-refractivity contribution in [2.24, 2.45) is 16.6 Å². The van der Waals surface area contributed by atoms with Crippen molar-refractivity contribution in [2.45, 2.75) is 59.5 Å². The summed E-state index contributed by atoms with van der Waals surface area (Å²) in [5.41, 5.74) is 8.62. The number of aromatic nitrogens is 2. The van der Waals surface area contributed by atoms with Crippen molar-refractivity contribution in [3.8, 4) is 0 Å². The molecular formula is C23H35N7O2. The van der Waals surface area contributed by atoms with Crippen LogP contribution < -0.4 is 21.3 Å². The molecule has 9 nitrogen and oxygen atoms in total. The van der Waals surface area contributed by atoms with Crippen molar-refractivity contribution >= 4 is 17.7 Å². The molecule has 174 valence electrons. The molecule has 1 amide bonds. The first-order chi connectivity index (χ1) is 15.6. The van der Waals surface area contributed by atoms with E-state index < -0.39 is 0 Å². The van der Waals surface area contributed by atoms with Gasteiger partial charge in [0.25, 0.3) is 0 Å².